The molecule has 1 heterocycles. The van der Waals surface area contributed by atoms with Gasteiger partial charge in [0.1, 0.15) is 11.3 Å². The number of methoxy groups -OCH3 is 1. The minimum atomic E-state index is -3.76. The Kier molecular flexibility index (Phi) is 5.06. The van der Waals surface area contributed by atoms with Crippen molar-refractivity contribution in [1.82, 2.24) is 9.71 Å². The fraction of sp³-hybridized carbons (Fsp3) is 0.400. The van der Waals surface area contributed by atoms with E-state index in [0.717, 1.165) is 0 Å². The van der Waals surface area contributed by atoms with Gasteiger partial charge < -0.3 is 4.74 Å². The van der Waals surface area contributed by atoms with Gasteiger partial charge in [-0.2, -0.15) is 0 Å². The lowest BCUT2D eigenvalue weighted by Crippen LogP contribution is -2.38. The number of nitrogens with zero attached hydrogens (tertiary/aromatic N) is 1. The summed E-state index contributed by atoms with van der Waals surface area (Å²) in [5.74, 6) is -1.06. The maximum atomic E-state index is 11.7. The number of halogens is 1. The van der Waals surface area contributed by atoms with Gasteiger partial charge in [0.15, 0.2) is 0 Å². The van der Waals surface area contributed by atoms with Crippen LogP contribution in [0.2, 0.25) is 5.15 Å². The first-order valence-electron chi connectivity index (χ1n) is 5.01. The van der Waals surface area contributed by atoms with Crippen molar-refractivity contribution in [2.24, 2.45) is 0 Å². The van der Waals surface area contributed by atoms with Crippen molar-refractivity contribution in [2.45, 2.75) is 18.8 Å². The van der Waals surface area contributed by atoms with Crippen LogP contribution in [0.3, 0.4) is 0 Å². The van der Waals surface area contributed by atoms with E-state index in [4.69, 9.17) is 16.3 Å². The SMILES string of the molecule is CO[C@@H](C)C(=O)NS(=O)(=O)Cc1ccc(Cl)nc1. The van der Waals surface area contributed by atoms with Gasteiger partial charge >= 0.3 is 0 Å². The molecule has 1 N–H and O–H groups in total. The molecule has 1 atom stereocenters. The van der Waals surface area contributed by atoms with Crippen molar-refractivity contribution in [2.75, 3.05) is 7.11 Å². The molecule has 6 nitrogen and oxygen atoms in total. The first-order chi connectivity index (χ1) is 8.34. The van der Waals surface area contributed by atoms with Gasteiger partial charge in [0.2, 0.25) is 10.0 Å². The summed E-state index contributed by atoms with van der Waals surface area (Å²) in [4.78, 5) is 15.1. The van der Waals surface area contributed by atoms with Crippen LogP contribution in [-0.4, -0.2) is 32.5 Å². The van der Waals surface area contributed by atoms with Gasteiger partial charge in [-0.3, -0.25) is 9.52 Å². The summed E-state index contributed by atoms with van der Waals surface area (Å²) in [6.45, 7) is 1.45. The molecule has 0 spiro atoms. The highest BCUT2D eigenvalue weighted by molar-refractivity contribution is 7.89. The fourth-order valence-corrected chi connectivity index (χ4v) is 2.36. The van der Waals surface area contributed by atoms with Crippen LogP contribution in [0.15, 0.2) is 18.3 Å². The molecule has 1 amide bonds. The number of hydrogen-bond acceptors (Lipinski definition) is 5. The minimum absolute atomic E-state index is 0.271. The van der Waals surface area contributed by atoms with Crippen LogP contribution < -0.4 is 4.72 Å². The lowest BCUT2D eigenvalue weighted by Gasteiger charge is -2.10. The van der Waals surface area contributed by atoms with Crippen LogP contribution >= 0.6 is 11.6 Å². The van der Waals surface area contributed by atoms with Gasteiger partial charge in [0.05, 0.1) is 5.75 Å². The van der Waals surface area contributed by atoms with E-state index < -0.39 is 22.0 Å². The summed E-state index contributed by atoms with van der Waals surface area (Å²) in [6, 6.07) is 3.00. The molecule has 0 saturated heterocycles. The van der Waals surface area contributed by atoms with Gasteiger partial charge in [-0.25, -0.2) is 13.4 Å². The number of aromatic nitrogens is 1. The molecule has 0 radical (unpaired) electrons. The number of amides is 1. The van der Waals surface area contributed by atoms with E-state index in [9.17, 15) is 13.2 Å². The number of carbonyl (C=O) groups excluding carboxylic acids is 1. The maximum absolute atomic E-state index is 11.7. The Balaban J connectivity index is 2.71. The monoisotopic (exact) mass is 292 g/mol. The second kappa shape index (κ2) is 6.12. The quantitative estimate of drug-likeness (QED) is 0.808. The smallest absolute Gasteiger partial charge is 0.262 e. The van der Waals surface area contributed by atoms with E-state index in [1.54, 1.807) is 0 Å². The number of sulfonamides is 1. The van der Waals surface area contributed by atoms with Crippen LogP contribution in [0.5, 0.6) is 0 Å². The molecule has 1 aromatic rings. The molecule has 18 heavy (non-hydrogen) atoms. The van der Waals surface area contributed by atoms with E-state index in [0.29, 0.717) is 5.56 Å². The lowest BCUT2D eigenvalue weighted by atomic mass is 10.3. The van der Waals surface area contributed by atoms with E-state index in [-0.39, 0.29) is 10.9 Å². The summed E-state index contributed by atoms with van der Waals surface area (Å²) >= 11 is 5.58. The van der Waals surface area contributed by atoms with E-state index >= 15 is 0 Å². The van der Waals surface area contributed by atoms with Crippen LogP contribution in [-0.2, 0) is 25.3 Å². The van der Waals surface area contributed by atoms with Gasteiger partial charge in [0, 0.05) is 13.3 Å². The van der Waals surface area contributed by atoms with Crippen molar-refractivity contribution in [1.29, 1.82) is 0 Å². The molecule has 0 fully saturated rings. The molecule has 0 aliphatic heterocycles. The standard InChI is InChI=1S/C10H13ClN2O4S/c1-7(17-2)10(14)13-18(15,16)6-8-3-4-9(11)12-5-8/h3-5,7H,6H2,1-2H3,(H,13,14)/t7-/m0/s1. The van der Waals surface area contributed by atoms with Crippen molar-refractivity contribution in [3.8, 4) is 0 Å². The third kappa shape index (κ3) is 4.59. The predicted octanol–water partition coefficient (Wildman–Crippen LogP) is 0.716. The van der Waals surface area contributed by atoms with Crippen LogP contribution in [0.1, 0.15) is 12.5 Å². The van der Waals surface area contributed by atoms with Gasteiger partial charge in [-0.05, 0) is 18.6 Å². The minimum Gasteiger partial charge on any atom is -0.372 e. The number of hydrogen-bond donors (Lipinski definition) is 1. The highest BCUT2D eigenvalue weighted by Gasteiger charge is 2.19. The average molecular weight is 293 g/mol. The maximum Gasteiger partial charge on any atom is 0.262 e. The third-order valence-electron chi connectivity index (χ3n) is 2.12. The van der Waals surface area contributed by atoms with E-state index in [1.807, 2.05) is 4.72 Å². The fourth-order valence-electron chi connectivity index (χ4n) is 1.09. The van der Waals surface area contributed by atoms with Crippen molar-refractivity contribution >= 4 is 27.5 Å². The Morgan fingerprint density at radius 3 is 2.72 bits per heavy atom. The molecular weight excluding hydrogens is 280 g/mol. The molecule has 0 aliphatic carbocycles. The zero-order chi connectivity index (χ0) is 13.8. The molecule has 0 saturated carbocycles. The number of carbonyl (C=O) groups is 1. The van der Waals surface area contributed by atoms with Gasteiger partial charge in [-0.15, -0.1) is 0 Å². The molecule has 0 aliphatic rings. The third-order valence-corrected chi connectivity index (χ3v) is 3.57. The topological polar surface area (TPSA) is 85.4 Å². The van der Waals surface area contributed by atoms with Crippen LogP contribution in [0, 0.1) is 0 Å². The summed E-state index contributed by atoms with van der Waals surface area (Å²) in [7, 11) is -2.45. The average Bonchev–Trinajstić information content (AvgIpc) is 2.30. The van der Waals surface area contributed by atoms with E-state index in [1.165, 1.54) is 32.4 Å². The lowest BCUT2D eigenvalue weighted by molar-refractivity contribution is -0.128. The molecular formula is C10H13ClN2O4S. The highest BCUT2D eigenvalue weighted by Crippen LogP contribution is 2.08. The second-order valence-electron chi connectivity index (χ2n) is 3.59. The molecule has 0 aromatic carbocycles. The second-order valence-corrected chi connectivity index (χ2v) is 5.70. The first kappa shape index (κ1) is 14.9. The molecule has 100 valence electrons. The Bertz CT molecular complexity index is 515. The zero-order valence-electron chi connectivity index (χ0n) is 9.88. The largest absolute Gasteiger partial charge is 0.372 e. The molecule has 0 unspecified atom stereocenters. The molecule has 1 rings (SSSR count). The van der Waals surface area contributed by atoms with Gasteiger partial charge in [0.25, 0.3) is 5.91 Å². The Hall–Kier alpha value is -1.18. The van der Waals surface area contributed by atoms with Crippen molar-refractivity contribution < 1.29 is 17.9 Å². The first-order valence-corrected chi connectivity index (χ1v) is 7.04. The molecule has 1 aromatic heterocycles. The summed E-state index contributed by atoms with van der Waals surface area (Å²) in [5, 5.41) is 0.271. The Labute approximate surface area is 110 Å². The zero-order valence-corrected chi connectivity index (χ0v) is 11.5. The summed E-state index contributed by atoms with van der Waals surface area (Å²) < 4.78 is 30.0. The number of nitrogens with one attached hydrogen (secondary N) is 1. The predicted molar refractivity (Wildman–Crippen MR) is 66.5 cm³/mol. The molecule has 0 bridgehead atoms. The number of ether oxygens (including phenoxy) is 1. The summed E-state index contributed by atoms with van der Waals surface area (Å²) in [5.41, 5.74) is 0.435. The molecule has 8 heteroatoms. The van der Waals surface area contributed by atoms with Crippen molar-refractivity contribution in [3.05, 3.63) is 29.0 Å². The van der Waals surface area contributed by atoms with Crippen LogP contribution in [0.4, 0.5) is 0 Å². The van der Waals surface area contributed by atoms with Crippen LogP contribution in [0.25, 0.3) is 0 Å². The van der Waals surface area contributed by atoms with Crippen molar-refractivity contribution in [3.63, 3.8) is 0 Å². The van der Waals surface area contributed by atoms with E-state index in [2.05, 4.69) is 4.98 Å². The normalized spacial score (nSPS) is 13.1. The van der Waals surface area contributed by atoms with Gasteiger partial charge in [-0.1, -0.05) is 17.7 Å². The summed E-state index contributed by atoms with van der Waals surface area (Å²) in [6.07, 6.45) is 0.509. The number of rotatable bonds is 5. The Morgan fingerprint density at radius 1 is 1.56 bits per heavy atom. The number of pyridine rings is 1. The highest BCUT2D eigenvalue weighted by atomic mass is 35.5. The Morgan fingerprint density at radius 2 is 2.22 bits per heavy atom.